The maximum atomic E-state index is 13.9. The van der Waals surface area contributed by atoms with Crippen molar-refractivity contribution in [3.05, 3.63) is 65.2 Å². The molecule has 2 aromatic carbocycles. The number of carboxylic acids is 1. The number of carboxylic acid groups (broad SMARTS) is 1. The third-order valence-corrected chi connectivity index (χ3v) is 6.48. The van der Waals surface area contributed by atoms with Gasteiger partial charge in [0.1, 0.15) is 11.6 Å². The fourth-order valence-corrected chi connectivity index (χ4v) is 4.14. The van der Waals surface area contributed by atoms with Crippen LogP contribution in [0.4, 0.5) is 23.5 Å². The van der Waals surface area contributed by atoms with Crippen molar-refractivity contribution in [1.29, 1.82) is 0 Å². The second-order valence-electron chi connectivity index (χ2n) is 8.42. The standard InChI is InChI=1S/C25H27F2N5O5S/c1-15-9-11-16(12-10-15)22-30-31-23(38-22)29-25(36)37-14-18(6-4-8-20(33)34)32(2)24(35)28-13-17-5-3-7-19(26)21(17)27/h3,5,7,9-12,18H,4,6,8,13-14H2,1-2H3,(H,28,35)(H,33,34)(H,29,31,36)/t18-/m0/s1. The van der Waals surface area contributed by atoms with Gasteiger partial charge < -0.3 is 20.1 Å². The van der Waals surface area contributed by atoms with Crippen LogP contribution in [0, 0.1) is 18.6 Å². The van der Waals surface area contributed by atoms with Gasteiger partial charge >= 0.3 is 18.1 Å². The van der Waals surface area contributed by atoms with Crippen LogP contribution < -0.4 is 10.6 Å². The summed E-state index contributed by atoms with van der Waals surface area (Å²) in [6.07, 6.45) is -0.527. The molecule has 0 aliphatic carbocycles. The second-order valence-corrected chi connectivity index (χ2v) is 9.40. The van der Waals surface area contributed by atoms with Gasteiger partial charge in [-0.3, -0.25) is 10.1 Å². The SMILES string of the molecule is Cc1ccc(-c2nnc(NC(=O)OC[C@H](CCCC(=O)O)N(C)C(=O)NCc3cccc(F)c3F)s2)cc1. The molecule has 0 spiro atoms. The van der Waals surface area contributed by atoms with Crippen LogP contribution in [0.5, 0.6) is 0 Å². The minimum atomic E-state index is -1.06. The Balaban J connectivity index is 1.57. The van der Waals surface area contributed by atoms with Crippen LogP contribution in [-0.2, 0) is 16.1 Å². The zero-order chi connectivity index (χ0) is 27.7. The number of anilines is 1. The number of ether oxygens (including phenoxy) is 1. The summed E-state index contributed by atoms with van der Waals surface area (Å²) in [6.45, 7) is 1.46. The smallest absolute Gasteiger partial charge is 0.413 e. The monoisotopic (exact) mass is 547 g/mol. The summed E-state index contributed by atoms with van der Waals surface area (Å²) >= 11 is 1.16. The van der Waals surface area contributed by atoms with E-state index in [0.717, 1.165) is 28.5 Å². The number of carbonyl (C=O) groups excluding carboxylic acids is 2. The average molecular weight is 548 g/mol. The minimum absolute atomic E-state index is 0.0353. The van der Waals surface area contributed by atoms with Crippen molar-refractivity contribution in [2.75, 3.05) is 19.0 Å². The van der Waals surface area contributed by atoms with Crippen LogP contribution in [0.15, 0.2) is 42.5 Å². The molecule has 3 aromatic rings. The van der Waals surface area contributed by atoms with Crippen molar-refractivity contribution in [3.63, 3.8) is 0 Å². The van der Waals surface area contributed by atoms with Crippen molar-refractivity contribution < 1.29 is 33.0 Å². The van der Waals surface area contributed by atoms with E-state index in [4.69, 9.17) is 9.84 Å². The van der Waals surface area contributed by atoms with Gasteiger partial charge in [0.15, 0.2) is 11.6 Å². The normalized spacial score (nSPS) is 11.5. The van der Waals surface area contributed by atoms with E-state index in [2.05, 4.69) is 20.8 Å². The van der Waals surface area contributed by atoms with Crippen molar-refractivity contribution in [3.8, 4) is 10.6 Å². The van der Waals surface area contributed by atoms with Crippen LogP contribution in [0.3, 0.4) is 0 Å². The van der Waals surface area contributed by atoms with E-state index in [-0.39, 0.29) is 43.1 Å². The largest absolute Gasteiger partial charge is 0.481 e. The molecule has 0 aliphatic heterocycles. The number of amides is 3. The van der Waals surface area contributed by atoms with Crippen LogP contribution in [-0.4, -0.2) is 58.0 Å². The minimum Gasteiger partial charge on any atom is -0.481 e. The highest BCUT2D eigenvalue weighted by Crippen LogP contribution is 2.26. The van der Waals surface area contributed by atoms with E-state index in [1.54, 1.807) is 0 Å². The van der Waals surface area contributed by atoms with Gasteiger partial charge in [-0.25, -0.2) is 18.4 Å². The molecule has 0 saturated heterocycles. The summed E-state index contributed by atoms with van der Waals surface area (Å²) in [6, 6.07) is 9.97. The molecule has 3 rings (SSSR count). The van der Waals surface area contributed by atoms with Crippen LogP contribution in [0.25, 0.3) is 10.6 Å². The first-order chi connectivity index (χ1) is 18.1. The predicted molar refractivity (Wildman–Crippen MR) is 137 cm³/mol. The lowest BCUT2D eigenvalue weighted by Crippen LogP contribution is -2.46. The molecule has 202 valence electrons. The highest BCUT2D eigenvalue weighted by atomic mass is 32.1. The maximum Gasteiger partial charge on any atom is 0.413 e. The Morgan fingerprint density at radius 2 is 1.87 bits per heavy atom. The van der Waals surface area contributed by atoms with Crippen LogP contribution in [0.1, 0.15) is 30.4 Å². The Labute approximate surface area is 221 Å². The summed E-state index contributed by atoms with van der Waals surface area (Å²) in [4.78, 5) is 37.2. The van der Waals surface area contributed by atoms with Crippen molar-refractivity contribution in [1.82, 2.24) is 20.4 Å². The number of rotatable bonds is 11. The van der Waals surface area contributed by atoms with Gasteiger partial charge in [0.2, 0.25) is 5.13 Å². The highest BCUT2D eigenvalue weighted by Gasteiger charge is 2.23. The number of carbonyl (C=O) groups is 3. The highest BCUT2D eigenvalue weighted by molar-refractivity contribution is 7.18. The van der Waals surface area contributed by atoms with E-state index in [9.17, 15) is 23.2 Å². The van der Waals surface area contributed by atoms with Gasteiger partial charge in [-0.2, -0.15) is 0 Å². The first-order valence-electron chi connectivity index (χ1n) is 11.6. The molecule has 3 amide bonds. The Bertz CT molecular complexity index is 1270. The van der Waals surface area contributed by atoms with Crippen molar-refractivity contribution in [2.45, 2.75) is 38.8 Å². The van der Waals surface area contributed by atoms with E-state index >= 15 is 0 Å². The molecule has 0 bridgehead atoms. The Morgan fingerprint density at radius 1 is 1.13 bits per heavy atom. The summed E-state index contributed by atoms with van der Waals surface area (Å²) in [7, 11) is 1.43. The lowest BCUT2D eigenvalue weighted by atomic mass is 10.1. The van der Waals surface area contributed by atoms with Crippen LogP contribution in [0.2, 0.25) is 0 Å². The molecule has 0 fully saturated rings. The molecule has 38 heavy (non-hydrogen) atoms. The molecular formula is C25H27F2N5O5S. The number of aliphatic carboxylic acids is 1. The van der Waals surface area contributed by atoms with Gasteiger partial charge in [0, 0.05) is 31.1 Å². The number of urea groups is 1. The van der Waals surface area contributed by atoms with Gasteiger partial charge in [0.05, 0.1) is 6.04 Å². The average Bonchev–Trinajstić information content (AvgIpc) is 3.34. The van der Waals surface area contributed by atoms with Crippen molar-refractivity contribution in [2.24, 2.45) is 0 Å². The predicted octanol–water partition coefficient (Wildman–Crippen LogP) is 4.81. The number of hydrogen-bond donors (Lipinski definition) is 3. The number of benzene rings is 2. The number of nitrogens with zero attached hydrogens (tertiary/aromatic N) is 3. The van der Waals surface area contributed by atoms with E-state index in [1.165, 1.54) is 24.1 Å². The molecule has 0 radical (unpaired) electrons. The lowest BCUT2D eigenvalue weighted by Gasteiger charge is -2.28. The van der Waals surface area contributed by atoms with E-state index in [1.807, 2.05) is 31.2 Å². The molecule has 1 atom stereocenters. The first-order valence-corrected chi connectivity index (χ1v) is 12.5. The van der Waals surface area contributed by atoms with Gasteiger partial charge in [-0.05, 0) is 25.8 Å². The Morgan fingerprint density at radius 3 is 2.58 bits per heavy atom. The fourth-order valence-electron chi connectivity index (χ4n) is 3.41. The van der Waals surface area contributed by atoms with E-state index < -0.39 is 35.8 Å². The fraction of sp³-hybridized carbons (Fsp3) is 0.320. The molecule has 13 heteroatoms. The number of hydrogen-bond acceptors (Lipinski definition) is 7. The number of likely N-dealkylation sites (N-methyl/N-ethyl adjacent to an activating group) is 1. The molecular weight excluding hydrogens is 520 g/mol. The molecule has 0 unspecified atom stereocenters. The van der Waals surface area contributed by atoms with Gasteiger partial charge in [0.25, 0.3) is 0 Å². The van der Waals surface area contributed by atoms with Gasteiger partial charge in [-0.1, -0.05) is 53.3 Å². The summed E-state index contributed by atoms with van der Waals surface area (Å²) in [5.74, 6) is -3.09. The first kappa shape index (κ1) is 28.4. The second kappa shape index (κ2) is 13.4. The molecule has 1 heterocycles. The molecule has 0 aliphatic rings. The number of nitrogens with one attached hydrogen (secondary N) is 2. The maximum absolute atomic E-state index is 13.9. The zero-order valence-electron chi connectivity index (χ0n) is 20.7. The molecule has 10 nitrogen and oxygen atoms in total. The summed E-state index contributed by atoms with van der Waals surface area (Å²) in [5, 5.41) is 22.8. The quantitative estimate of drug-likeness (QED) is 0.314. The lowest BCUT2D eigenvalue weighted by molar-refractivity contribution is -0.137. The third kappa shape index (κ3) is 8.20. The number of halogens is 2. The van der Waals surface area contributed by atoms with Gasteiger partial charge in [-0.15, -0.1) is 10.2 Å². The molecule has 1 aromatic heterocycles. The summed E-state index contributed by atoms with van der Waals surface area (Å²) in [5.41, 5.74) is 1.91. The topological polar surface area (TPSA) is 134 Å². The Kier molecular flexibility index (Phi) is 10.0. The summed E-state index contributed by atoms with van der Waals surface area (Å²) < 4.78 is 32.6. The number of aryl methyl sites for hydroxylation is 1. The zero-order valence-corrected chi connectivity index (χ0v) is 21.6. The van der Waals surface area contributed by atoms with Crippen LogP contribution >= 0.6 is 11.3 Å². The van der Waals surface area contributed by atoms with Crippen molar-refractivity contribution >= 4 is 34.6 Å². The Hall–Kier alpha value is -4.13. The molecule has 0 saturated carbocycles. The third-order valence-electron chi connectivity index (χ3n) is 5.60. The van der Waals surface area contributed by atoms with E-state index in [0.29, 0.717) is 5.01 Å². The molecule has 3 N–H and O–H groups in total. The number of aromatic nitrogens is 2.